The van der Waals surface area contributed by atoms with E-state index in [1.54, 1.807) is 26.2 Å². The molecule has 5 rings (SSSR count). The lowest BCUT2D eigenvalue weighted by molar-refractivity contribution is 0.102. The van der Waals surface area contributed by atoms with Crippen LogP contribution in [0.2, 0.25) is 0 Å². The monoisotopic (exact) mass is 588 g/mol. The number of allylic oxidation sites excluding steroid dienone is 2. The molecule has 0 spiro atoms. The third-order valence-corrected chi connectivity index (χ3v) is 7.53. The Labute approximate surface area is 248 Å². The number of carbonyl (C=O) groups is 1. The van der Waals surface area contributed by atoms with Crippen molar-refractivity contribution < 1.29 is 28.1 Å². The van der Waals surface area contributed by atoms with Gasteiger partial charge in [0, 0.05) is 61.2 Å². The number of amides is 1. The Morgan fingerprint density at radius 2 is 1.88 bits per heavy atom. The van der Waals surface area contributed by atoms with Crippen molar-refractivity contribution in [3.63, 3.8) is 0 Å². The van der Waals surface area contributed by atoms with Crippen LogP contribution in [0.4, 0.5) is 10.1 Å². The smallest absolute Gasteiger partial charge is 0.261 e. The molecule has 0 saturated heterocycles. The van der Waals surface area contributed by atoms with Crippen molar-refractivity contribution in [2.24, 2.45) is 7.05 Å². The summed E-state index contributed by atoms with van der Waals surface area (Å²) in [4.78, 5) is 35.6. The van der Waals surface area contributed by atoms with Crippen molar-refractivity contribution in [3.8, 4) is 23.1 Å². The third-order valence-electron chi connectivity index (χ3n) is 7.53. The van der Waals surface area contributed by atoms with Crippen molar-refractivity contribution in [2.75, 3.05) is 32.8 Å². The van der Waals surface area contributed by atoms with Crippen LogP contribution in [0, 0.1) is 19.7 Å². The number of methoxy groups -OCH3 is 2. The lowest BCUT2D eigenvalue weighted by Crippen LogP contribution is -2.29. The number of ether oxygens (including phenoxy) is 4. The summed E-state index contributed by atoms with van der Waals surface area (Å²) in [6, 6.07) is 7.25. The molecule has 43 heavy (non-hydrogen) atoms. The van der Waals surface area contributed by atoms with E-state index in [1.165, 1.54) is 25.4 Å². The van der Waals surface area contributed by atoms with E-state index < -0.39 is 11.7 Å². The first-order valence-corrected chi connectivity index (χ1v) is 13.9. The first kappa shape index (κ1) is 29.7. The van der Waals surface area contributed by atoms with Gasteiger partial charge in [-0.25, -0.2) is 9.37 Å². The van der Waals surface area contributed by atoms with Gasteiger partial charge in [-0.05, 0) is 50.8 Å². The Hall–Kier alpha value is -4.77. The molecule has 0 bridgehead atoms. The summed E-state index contributed by atoms with van der Waals surface area (Å²) in [5.74, 6) is -0.580. The van der Waals surface area contributed by atoms with Crippen LogP contribution in [-0.4, -0.2) is 47.9 Å². The predicted molar refractivity (Wildman–Crippen MR) is 161 cm³/mol. The lowest BCUT2D eigenvalue weighted by atomic mass is 9.98. The minimum absolute atomic E-state index is 0.0329. The van der Waals surface area contributed by atoms with Crippen LogP contribution in [0.15, 0.2) is 47.4 Å². The number of anilines is 1. The summed E-state index contributed by atoms with van der Waals surface area (Å²) in [5.41, 5.74) is 3.55. The number of nitrogens with zero attached hydrogens (tertiary/aromatic N) is 3. The molecule has 224 valence electrons. The second kappa shape index (κ2) is 12.6. The van der Waals surface area contributed by atoms with E-state index in [2.05, 4.69) is 21.4 Å². The molecule has 0 saturated carbocycles. The number of hydrogen-bond acceptors (Lipinski definition) is 8. The molecule has 3 heterocycles. The summed E-state index contributed by atoms with van der Waals surface area (Å²) in [5, 5.41) is 2.68. The highest BCUT2D eigenvalue weighted by Gasteiger charge is 2.24. The van der Waals surface area contributed by atoms with Crippen LogP contribution in [0.25, 0.3) is 16.6 Å². The van der Waals surface area contributed by atoms with Gasteiger partial charge in [0.1, 0.15) is 17.7 Å². The van der Waals surface area contributed by atoms with Gasteiger partial charge in [-0.15, -0.1) is 0 Å². The van der Waals surface area contributed by atoms with Crippen molar-refractivity contribution in [2.45, 2.75) is 33.1 Å². The Kier molecular flexibility index (Phi) is 8.72. The number of fused-ring (bicyclic) bond motifs is 1. The molecule has 0 unspecified atom stereocenters. The van der Waals surface area contributed by atoms with Crippen LogP contribution in [-0.2, 0) is 11.8 Å². The normalized spacial score (nSPS) is 12.7. The number of pyridine rings is 3. The van der Waals surface area contributed by atoms with Crippen molar-refractivity contribution in [1.29, 1.82) is 0 Å². The molecule has 1 amide bonds. The largest absolute Gasteiger partial charge is 0.485 e. The summed E-state index contributed by atoms with van der Waals surface area (Å²) in [6.45, 7) is 4.28. The van der Waals surface area contributed by atoms with Gasteiger partial charge in [0.25, 0.3) is 11.8 Å². The number of rotatable bonds is 10. The zero-order valence-corrected chi connectivity index (χ0v) is 24.7. The molecule has 1 aliphatic carbocycles. The molecular formula is C32H33FN4O6. The molecule has 1 aromatic carbocycles. The highest BCUT2D eigenvalue weighted by Crippen LogP contribution is 2.35. The second-order valence-electron chi connectivity index (χ2n) is 10.1. The molecule has 0 radical (unpaired) electrons. The predicted octanol–water partition coefficient (Wildman–Crippen LogP) is 5.73. The van der Waals surface area contributed by atoms with Gasteiger partial charge in [0.15, 0.2) is 23.1 Å². The number of benzene rings is 1. The standard InChI is InChI=1S/C32H33FN4O6/c1-18-27(20-8-6-7-9-20)30(38)28(19(2)37(18)3)31(39)35-21-10-11-24(22(33)16-21)43-25-12-13-34-23-17-26(42-15-14-40-4)32(41-5)36-29(23)25/h8,10-13,16-17H,6-7,9,14-15H2,1-5H3,(H,35,39). The molecule has 10 nitrogen and oxygen atoms in total. The SMILES string of the molecule is COCCOc1cc2nccc(Oc3ccc(NC(=O)c4c(C)n(C)c(C)c(C5=CCCC5)c4=O)cc3F)c2nc1OC. The molecule has 1 aliphatic rings. The molecule has 0 fully saturated rings. The average Bonchev–Trinajstić information content (AvgIpc) is 3.52. The van der Waals surface area contributed by atoms with E-state index in [0.29, 0.717) is 41.3 Å². The fourth-order valence-corrected chi connectivity index (χ4v) is 5.14. The van der Waals surface area contributed by atoms with Gasteiger partial charge in [0.05, 0.1) is 19.2 Å². The fraction of sp³-hybridized carbons (Fsp3) is 0.312. The van der Waals surface area contributed by atoms with Gasteiger partial charge in [-0.3, -0.25) is 14.6 Å². The van der Waals surface area contributed by atoms with Gasteiger partial charge in [-0.1, -0.05) is 6.08 Å². The fourth-order valence-electron chi connectivity index (χ4n) is 5.14. The summed E-state index contributed by atoms with van der Waals surface area (Å²) in [7, 11) is 4.86. The Morgan fingerprint density at radius 1 is 1.07 bits per heavy atom. The quantitative estimate of drug-likeness (QED) is 0.234. The molecule has 3 aromatic heterocycles. The number of halogens is 1. The second-order valence-corrected chi connectivity index (χ2v) is 10.1. The Morgan fingerprint density at radius 3 is 2.58 bits per heavy atom. The molecule has 0 atom stereocenters. The summed E-state index contributed by atoms with van der Waals surface area (Å²) in [6.07, 6.45) is 6.25. The molecule has 4 aromatic rings. The van der Waals surface area contributed by atoms with Gasteiger partial charge >= 0.3 is 0 Å². The minimum atomic E-state index is -0.723. The third kappa shape index (κ3) is 5.94. The number of aromatic nitrogens is 3. The highest BCUT2D eigenvalue weighted by atomic mass is 19.1. The van der Waals surface area contributed by atoms with Gasteiger partial charge in [0.2, 0.25) is 5.43 Å². The van der Waals surface area contributed by atoms with Gasteiger partial charge < -0.3 is 28.8 Å². The zero-order valence-electron chi connectivity index (χ0n) is 24.7. The van der Waals surface area contributed by atoms with Crippen LogP contribution in [0.5, 0.6) is 23.1 Å². The number of hydrogen-bond donors (Lipinski definition) is 1. The van der Waals surface area contributed by atoms with Gasteiger partial charge in [-0.2, -0.15) is 0 Å². The Bertz CT molecular complexity index is 1800. The van der Waals surface area contributed by atoms with Crippen LogP contribution in [0.3, 0.4) is 0 Å². The van der Waals surface area contributed by atoms with E-state index in [1.807, 2.05) is 18.5 Å². The number of carbonyl (C=O) groups excluding carboxylic acids is 1. The lowest BCUT2D eigenvalue weighted by Gasteiger charge is -2.18. The summed E-state index contributed by atoms with van der Waals surface area (Å²) < 4.78 is 39.1. The van der Waals surface area contributed by atoms with E-state index in [0.717, 1.165) is 36.6 Å². The van der Waals surface area contributed by atoms with Crippen LogP contribution >= 0.6 is 0 Å². The number of nitrogens with one attached hydrogen (secondary N) is 1. The van der Waals surface area contributed by atoms with Crippen LogP contribution in [0.1, 0.15) is 46.6 Å². The zero-order chi connectivity index (χ0) is 30.7. The highest BCUT2D eigenvalue weighted by molar-refractivity contribution is 6.05. The summed E-state index contributed by atoms with van der Waals surface area (Å²) >= 11 is 0. The van der Waals surface area contributed by atoms with Crippen molar-refractivity contribution in [1.82, 2.24) is 14.5 Å². The molecule has 11 heteroatoms. The Balaban J connectivity index is 1.40. The first-order chi connectivity index (χ1) is 20.7. The van der Waals surface area contributed by atoms with E-state index in [-0.39, 0.29) is 34.1 Å². The van der Waals surface area contributed by atoms with Crippen LogP contribution < -0.4 is 25.0 Å². The molecule has 0 aliphatic heterocycles. The van der Waals surface area contributed by atoms with E-state index >= 15 is 4.39 Å². The molecular weight excluding hydrogens is 555 g/mol. The first-order valence-electron chi connectivity index (χ1n) is 13.9. The maximum Gasteiger partial charge on any atom is 0.261 e. The maximum absolute atomic E-state index is 15.3. The van der Waals surface area contributed by atoms with E-state index in [9.17, 15) is 9.59 Å². The minimum Gasteiger partial charge on any atom is -0.485 e. The van der Waals surface area contributed by atoms with Crippen molar-refractivity contribution >= 4 is 28.2 Å². The topological polar surface area (TPSA) is 114 Å². The van der Waals surface area contributed by atoms with Crippen molar-refractivity contribution in [3.05, 3.63) is 81.2 Å². The average molecular weight is 589 g/mol. The molecule has 1 N–H and O–H groups in total. The van der Waals surface area contributed by atoms with E-state index in [4.69, 9.17) is 18.9 Å². The maximum atomic E-state index is 15.3.